The van der Waals surface area contributed by atoms with E-state index in [9.17, 15) is 4.79 Å². The Labute approximate surface area is 135 Å². The number of fused-ring (bicyclic) bond motifs is 1. The van der Waals surface area contributed by atoms with Crippen LogP contribution in [0.25, 0.3) is 0 Å². The first-order chi connectivity index (χ1) is 9.70. The lowest BCUT2D eigenvalue weighted by Crippen LogP contribution is -2.45. The topological polar surface area (TPSA) is 71.8 Å². The lowest BCUT2D eigenvalue weighted by molar-refractivity contribution is -0.122. The van der Waals surface area contributed by atoms with E-state index < -0.39 is 0 Å². The molecule has 1 amide bonds. The third kappa shape index (κ3) is 4.34. The number of thioether (sulfide) groups is 1. The number of carbonyl (C=O) groups is 1. The second-order valence-corrected chi connectivity index (χ2v) is 6.64. The van der Waals surface area contributed by atoms with Crippen LogP contribution in [-0.2, 0) is 17.8 Å². The van der Waals surface area contributed by atoms with Crippen LogP contribution in [0.3, 0.4) is 0 Å². The van der Waals surface area contributed by atoms with Gasteiger partial charge in [0.15, 0.2) is 0 Å². The summed E-state index contributed by atoms with van der Waals surface area (Å²) < 4.78 is 1.93. The monoisotopic (exact) mass is 331 g/mol. The van der Waals surface area contributed by atoms with Gasteiger partial charge in [-0.15, -0.1) is 12.4 Å². The first-order valence-electron chi connectivity index (χ1n) is 7.21. The molecular weight excluding hydrogens is 310 g/mol. The van der Waals surface area contributed by atoms with Crippen molar-refractivity contribution in [2.24, 2.45) is 0 Å². The predicted molar refractivity (Wildman–Crippen MR) is 86.0 cm³/mol. The number of nitrogens with zero attached hydrogens (tertiary/aromatic N) is 3. The van der Waals surface area contributed by atoms with Gasteiger partial charge in [0.2, 0.25) is 5.91 Å². The van der Waals surface area contributed by atoms with E-state index in [1.54, 1.807) is 0 Å². The van der Waals surface area contributed by atoms with Gasteiger partial charge in [0.25, 0.3) is 0 Å². The minimum Gasteiger partial charge on any atom is -0.351 e. The molecule has 1 aromatic heterocycles. The Morgan fingerprint density at radius 2 is 2.43 bits per heavy atom. The predicted octanol–water partition coefficient (Wildman–Crippen LogP) is 0.534. The Hall–Kier alpha value is -0.790. The molecule has 0 aromatic carbocycles. The van der Waals surface area contributed by atoms with E-state index >= 15 is 0 Å². The molecule has 21 heavy (non-hydrogen) atoms. The van der Waals surface area contributed by atoms with Crippen molar-refractivity contribution in [2.75, 3.05) is 18.1 Å². The average Bonchev–Trinajstić information content (AvgIpc) is 2.79. The molecular formula is C13H22ClN5OS. The average molecular weight is 332 g/mol. The van der Waals surface area contributed by atoms with Crippen molar-refractivity contribution >= 4 is 30.1 Å². The molecule has 1 aromatic rings. The highest BCUT2D eigenvalue weighted by Gasteiger charge is 2.23. The SMILES string of the molecule is Cc1nc2n(n1)CC(NC(=O)CC1CSCCN1)CC2.Cl. The zero-order valence-electron chi connectivity index (χ0n) is 12.2. The molecule has 3 heterocycles. The van der Waals surface area contributed by atoms with Gasteiger partial charge in [-0.05, 0) is 13.3 Å². The Kier molecular flexibility index (Phi) is 5.89. The molecule has 6 nitrogen and oxygen atoms in total. The molecule has 8 heteroatoms. The van der Waals surface area contributed by atoms with E-state index in [0.717, 1.165) is 49.1 Å². The molecule has 2 aliphatic heterocycles. The fourth-order valence-corrected chi connectivity index (χ4v) is 3.76. The molecule has 2 atom stereocenters. The van der Waals surface area contributed by atoms with E-state index in [4.69, 9.17) is 0 Å². The Balaban J connectivity index is 0.00000161. The third-order valence-electron chi connectivity index (χ3n) is 3.76. The molecule has 3 rings (SSSR count). The van der Waals surface area contributed by atoms with Crippen LogP contribution in [0.4, 0.5) is 0 Å². The lowest BCUT2D eigenvalue weighted by atomic mass is 10.1. The second-order valence-electron chi connectivity index (χ2n) is 5.49. The van der Waals surface area contributed by atoms with E-state index in [1.165, 1.54) is 0 Å². The number of nitrogens with one attached hydrogen (secondary N) is 2. The molecule has 0 radical (unpaired) electrons. The smallest absolute Gasteiger partial charge is 0.221 e. The van der Waals surface area contributed by atoms with Gasteiger partial charge < -0.3 is 10.6 Å². The number of carbonyl (C=O) groups excluding carboxylic acids is 1. The Morgan fingerprint density at radius 3 is 3.19 bits per heavy atom. The van der Waals surface area contributed by atoms with Crippen LogP contribution in [0, 0.1) is 6.92 Å². The molecule has 0 aliphatic carbocycles. The zero-order valence-corrected chi connectivity index (χ0v) is 13.8. The number of rotatable bonds is 3. The summed E-state index contributed by atoms with van der Waals surface area (Å²) in [5.41, 5.74) is 0. The summed E-state index contributed by atoms with van der Waals surface area (Å²) >= 11 is 1.92. The van der Waals surface area contributed by atoms with Crippen molar-refractivity contribution in [2.45, 2.75) is 44.8 Å². The van der Waals surface area contributed by atoms with Gasteiger partial charge in [0, 0.05) is 43.0 Å². The zero-order chi connectivity index (χ0) is 13.9. The fourth-order valence-electron chi connectivity index (χ4n) is 2.81. The summed E-state index contributed by atoms with van der Waals surface area (Å²) in [4.78, 5) is 16.5. The molecule has 1 saturated heterocycles. The first kappa shape index (κ1) is 16.6. The molecule has 2 N–H and O–H groups in total. The van der Waals surface area contributed by atoms with Crippen LogP contribution in [0.1, 0.15) is 24.5 Å². The summed E-state index contributed by atoms with van der Waals surface area (Å²) in [6.45, 7) is 3.66. The molecule has 118 valence electrons. The van der Waals surface area contributed by atoms with Gasteiger partial charge in [-0.25, -0.2) is 9.67 Å². The first-order valence-corrected chi connectivity index (χ1v) is 8.37. The maximum atomic E-state index is 12.1. The summed E-state index contributed by atoms with van der Waals surface area (Å²) in [5.74, 6) is 4.18. The second kappa shape index (κ2) is 7.47. The largest absolute Gasteiger partial charge is 0.351 e. The standard InChI is InChI=1S/C13H21N5OS.ClH/c1-9-15-12-3-2-10(7-18(12)17-9)16-13(19)6-11-8-20-5-4-14-11;/h10-11,14H,2-8H2,1H3,(H,16,19);1H. The Bertz CT molecular complexity index is 489. The van der Waals surface area contributed by atoms with E-state index in [-0.39, 0.29) is 24.4 Å². The van der Waals surface area contributed by atoms with Crippen LogP contribution >= 0.6 is 24.2 Å². The van der Waals surface area contributed by atoms with E-state index in [1.807, 2.05) is 23.4 Å². The summed E-state index contributed by atoms with van der Waals surface area (Å²) in [7, 11) is 0. The lowest BCUT2D eigenvalue weighted by Gasteiger charge is -2.26. The number of aromatic nitrogens is 3. The van der Waals surface area contributed by atoms with Crippen molar-refractivity contribution < 1.29 is 4.79 Å². The van der Waals surface area contributed by atoms with Gasteiger partial charge >= 0.3 is 0 Å². The number of halogens is 1. The summed E-state index contributed by atoms with van der Waals surface area (Å²) in [6.07, 6.45) is 2.42. The number of aryl methyl sites for hydroxylation is 2. The van der Waals surface area contributed by atoms with Gasteiger partial charge in [-0.3, -0.25) is 4.79 Å². The minimum atomic E-state index is 0. The van der Waals surface area contributed by atoms with Crippen LogP contribution in [0.2, 0.25) is 0 Å². The van der Waals surface area contributed by atoms with Crippen molar-refractivity contribution in [3.63, 3.8) is 0 Å². The van der Waals surface area contributed by atoms with Gasteiger partial charge in [-0.1, -0.05) is 0 Å². The summed E-state index contributed by atoms with van der Waals surface area (Å²) in [6, 6.07) is 0.508. The normalized spacial score (nSPS) is 24.8. The summed E-state index contributed by atoms with van der Waals surface area (Å²) in [5, 5.41) is 10.9. The molecule has 0 saturated carbocycles. The maximum absolute atomic E-state index is 12.1. The highest BCUT2D eigenvalue weighted by Crippen LogP contribution is 2.14. The molecule has 1 fully saturated rings. The number of hydrogen-bond acceptors (Lipinski definition) is 5. The van der Waals surface area contributed by atoms with Crippen LogP contribution in [0.5, 0.6) is 0 Å². The van der Waals surface area contributed by atoms with Crippen molar-refractivity contribution in [3.05, 3.63) is 11.6 Å². The fraction of sp³-hybridized carbons (Fsp3) is 0.769. The maximum Gasteiger partial charge on any atom is 0.221 e. The van der Waals surface area contributed by atoms with Gasteiger partial charge in [-0.2, -0.15) is 16.9 Å². The van der Waals surface area contributed by atoms with Gasteiger partial charge in [0.05, 0.1) is 6.54 Å². The quantitative estimate of drug-likeness (QED) is 0.845. The molecule has 0 bridgehead atoms. The minimum absolute atomic E-state index is 0. The van der Waals surface area contributed by atoms with Gasteiger partial charge in [0.1, 0.15) is 11.6 Å². The van der Waals surface area contributed by atoms with E-state index in [0.29, 0.717) is 12.5 Å². The van der Waals surface area contributed by atoms with Crippen molar-refractivity contribution in [1.82, 2.24) is 25.4 Å². The Morgan fingerprint density at radius 1 is 1.57 bits per heavy atom. The van der Waals surface area contributed by atoms with Crippen LogP contribution in [0.15, 0.2) is 0 Å². The molecule has 2 aliphatic rings. The molecule has 0 spiro atoms. The number of amides is 1. The number of hydrogen-bond donors (Lipinski definition) is 2. The van der Waals surface area contributed by atoms with E-state index in [2.05, 4.69) is 20.7 Å². The highest BCUT2D eigenvalue weighted by atomic mass is 35.5. The van der Waals surface area contributed by atoms with Crippen molar-refractivity contribution in [3.8, 4) is 0 Å². The van der Waals surface area contributed by atoms with Crippen LogP contribution in [-0.4, -0.2) is 50.8 Å². The van der Waals surface area contributed by atoms with Crippen molar-refractivity contribution in [1.29, 1.82) is 0 Å². The highest BCUT2D eigenvalue weighted by molar-refractivity contribution is 7.99. The third-order valence-corrected chi connectivity index (χ3v) is 4.89. The van der Waals surface area contributed by atoms with Crippen LogP contribution < -0.4 is 10.6 Å². The molecule has 2 unspecified atom stereocenters.